The van der Waals surface area contributed by atoms with Crippen molar-refractivity contribution in [3.63, 3.8) is 0 Å². The summed E-state index contributed by atoms with van der Waals surface area (Å²) in [6.45, 7) is 0. The Morgan fingerprint density at radius 1 is 1.06 bits per heavy atom. The van der Waals surface area contributed by atoms with E-state index in [1.54, 1.807) is 30.6 Å². The maximum Gasteiger partial charge on any atom is 0.225 e. The van der Waals surface area contributed by atoms with Gasteiger partial charge in [0, 0.05) is 42.5 Å². The number of aromatic amines is 1. The highest BCUT2D eigenvalue weighted by atomic mass is 35.5. The summed E-state index contributed by atoms with van der Waals surface area (Å²) in [5.74, 6) is 0.660. The number of anilines is 1. The molecule has 166 valence electrons. The molecule has 0 radical (unpaired) electrons. The summed E-state index contributed by atoms with van der Waals surface area (Å²) in [7, 11) is 0. The van der Waals surface area contributed by atoms with Crippen molar-refractivity contribution in [2.75, 3.05) is 5.32 Å². The number of halogens is 2. The molecule has 1 aliphatic rings. The number of pyridine rings is 1. The Labute approximate surface area is 195 Å². The fraction of sp³-hybridized carbons (Fsp3) is 0.304. The van der Waals surface area contributed by atoms with Crippen LogP contribution in [0.25, 0.3) is 0 Å². The van der Waals surface area contributed by atoms with Gasteiger partial charge in [0.2, 0.25) is 11.8 Å². The third-order valence-electron chi connectivity index (χ3n) is 5.52. The lowest BCUT2D eigenvalue weighted by Gasteiger charge is -2.35. The van der Waals surface area contributed by atoms with E-state index in [-0.39, 0.29) is 30.2 Å². The van der Waals surface area contributed by atoms with Crippen molar-refractivity contribution >= 4 is 40.8 Å². The van der Waals surface area contributed by atoms with Crippen molar-refractivity contribution in [2.45, 2.75) is 44.1 Å². The van der Waals surface area contributed by atoms with Gasteiger partial charge in [-0.25, -0.2) is 0 Å². The molecule has 0 unspecified atom stereocenters. The minimum Gasteiger partial charge on any atom is -0.353 e. The quantitative estimate of drug-likeness (QED) is 0.456. The van der Waals surface area contributed by atoms with Crippen molar-refractivity contribution in [3.8, 4) is 0 Å². The summed E-state index contributed by atoms with van der Waals surface area (Å²) in [5.41, 5.74) is 2.81. The highest BCUT2D eigenvalue weighted by Crippen LogP contribution is 2.36. The van der Waals surface area contributed by atoms with Gasteiger partial charge in [0.25, 0.3) is 0 Å². The number of hydrogen-bond acceptors (Lipinski definition) is 4. The maximum absolute atomic E-state index is 12.3. The van der Waals surface area contributed by atoms with Crippen LogP contribution in [0.15, 0.2) is 48.8 Å². The summed E-state index contributed by atoms with van der Waals surface area (Å²) < 4.78 is 0. The fourth-order valence-electron chi connectivity index (χ4n) is 3.72. The van der Waals surface area contributed by atoms with Gasteiger partial charge in [0.15, 0.2) is 5.82 Å². The molecule has 2 amide bonds. The highest BCUT2D eigenvalue weighted by molar-refractivity contribution is 6.42. The Morgan fingerprint density at radius 3 is 2.66 bits per heavy atom. The first kappa shape index (κ1) is 22.3. The lowest BCUT2D eigenvalue weighted by atomic mass is 9.78. The largest absolute Gasteiger partial charge is 0.353 e. The number of carbonyl (C=O) groups is 2. The smallest absolute Gasteiger partial charge is 0.225 e. The lowest BCUT2D eigenvalue weighted by molar-refractivity contribution is -0.121. The number of rotatable bonds is 8. The van der Waals surface area contributed by atoms with Crippen LogP contribution in [-0.4, -0.2) is 33.0 Å². The fourth-order valence-corrected chi connectivity index (χ4v) is 4.04. The van der Waals surface area contributed by atoms with Crippen molar-refractivity contribution in [1.82, 2.24) is 20.5 Å². The number of hydrogen-bond donors (Lipinski definition) is 3. The monoisotopic (exact) mass is 471 g/mol. The predicted molar refractivity (Wildman–Crippen MR) is 124 cm³/mol. The zero-order valence-electron chi connectivity index (χ0n) is 17.3. The van der Waals surface area contributed by atoms with E-state index in [1.165, 1.54) is 0 Å². The number of carbonyl (C=O) groups excluding carboxylic acids is 2. The van der Waals surface area contributed by atoms with Gasteiger partial charge in [-0.2, -0.15) is 5.10 Å². The van der Waals surface area contributed by atoms with E-state index in [9.17, 15) is 9.59 Å². The number of benzene rings is 1. The van der Waals surface area contributed by atoms with Crippen LogP contribution in [0, 0.1) is 0 Å². The SMILES string of the molecule is O=C(CCc1cccnc1)Nc1cc(C2CC(NC(=O)Cc3ccc(Cl)c(Cl)c3)C2)[nH]n1. The summed E-state index contributed by atoms with van der Waals surface area (Å²) in [4.78, 5) is 28.5. The van der Waals surface area contributed by atoms with E-state index in [4.69, 9.17) is 23.2 Å². The molecule has 0 bridgehead atoms. The van der Waals surface area contributed by atoms with Crippen LogP contribution in [0.3, 0.4) is 0 Å². The Balaban J connectivity index is 1.19. The number of aryl methyl sites for hydroxylation is 1. The van der Waals surface area contributed by atoms with Crippen LogP contribution in [0.2, 0.25) is 10.0 Å². The molecule has 1 aliphatic carbocycles. The third-order valence-corrected chi connectivity index (χ3v) is 6.26. The predicted octanol–water partition coefficient (Wildman–Crippen LogP) is 4.29. The van der Waals surface area contributed by atoms with Crippen LogP contribution in [0.4, 0.5) is 5.82 Å². The van der Waals surface area contributed by atoms with Gasteiger partial charge < -0.3 is 10.6 Å². The Morgan fingerprint density at radius 2 is 1.91 bits per heavy atom. The van der Waals surface area contributed by atoms with E-state index in [0.29, 0.717) is 28.7 Å². The molecular formula is C23H23Cl2N5O2. The topological polar surface area (TPSA) is 99.8 Å². The second-order valence-electron chi connectivity index (χ2n) is 7.98. The standard InChI is InChI=1S/C23H23Cl2N5O2/c24-18-5-3-15(8-19(18)25)9-23(32)27-17-10-16(11-17)20-12-21(30-29-20)28-22(31)6-4-14-2-1-7-26-13-14/h1-3,5,7-8,12-13,16-17H,4,6,9-11H2,(H,27,32)(H2,28,29,30,31). The Hall–Kier alpha value is -2.90. The average molecular weight is 472 g/mol. The molecule has 2 heterocycles. The van der Waals surface area contributed by atoms with Gasteiger partial charge in [0.1, 0.15) is 0 Å². The molecule has 4 rings (SSSR count). The molecule has 1 saturated carbocycles. The third kappa shape index (κ3) is 5.87. The molecule has 2 aromatic heterocycles. The molecule has 9 heteroatoms. The first-order valence-corrected chi connectivity index (χ1v) is 11.2. The number of aromatic nitrogens is 3. The number of H-pyrrole nitrogens is 1. The molecule has 0 atom stereocenters. The van der Waals surface area contributed by atoms with Crippen molar-refractivity contribution < 1.29 is 9.59 Å². The lowest BCUT2D eigenvalue weighted by Crippen LogP contribution is -2.44. The van der Waals surface area contributed by atoms with E-state index in [0.717, 1.165) is 29.7 Å². The zero-order chi connectivity index (χ0) is 22.5. The maximum atomic E-state index is 12.3. The molecule has 32 heavy (non-hydrogen) atoms. The number of amides is 2. The summed E-state index contributed by atoms with van der Waals surface area (Å²) in [5, 5.41) is 14.0. The first-order chi connectivity index (χ1) is 15.5. The van der Waals surface area contributed by atoms with Crippen LogP contribution in [0.5, 0.6) is 0 Å². The molecule has 0 spiro atoms. The van der Waals surface area contributed by atoms with Crippen molar-refractivity contribution in [2.24, 2.45) is 0 Å². The molecule has 1 aromatic carbocycles. The van der Waals surface area contributed by atoms with Crippen LogP contribution < -0.4 is 10.6 Å². The van der Waals surface area contributed by atoms with Gasteiger partial charge >= 0.3 is 0 Å². The average Bonchev–Trinajstić information content (AvgIpc) is 3.20. The van der Waals surface area contributed by atoms with Gasteiger partial charge in [-0.1, -0.05) is 35.3 Å². The Kier molecular flexibility index (Phi) is 7.07. The first-order valence-electron chi connectivity index (χ1n) is 10.4. The summed E-state index contributed by atoms with van der Waals surface area (Å²) in [6.07, 6.45) is 6.37. The molecule has 1 fully saturated rings. The summed E-state index contributed by atoms with van der Waals surface area (Å²) >= 11 is 11.9. The van der Waals surface area contributed by atoms with Gasteiger partial charge in [-0.05, 0) is 48.6 Å². The number of nitrogens with zero attached hydrogens (tertiary/aromatic N) is 2. The van der Waals surface area contributed by atoms with E-state index in [2.05, 4.69) is 25.8 Å². The van der Waals surface area contributed by atoms with Crippen LogP contribution >= 0.6 is 23.2 Å². The second-order valence-corrected chi connectivity index (χ2v) is 8.79. The van der Waals surface area contributed by atoms with E-state index < -0.39 is 0 Å². The van der Waals surface area contributed by atoms with Crippen LogP contribution in [-0.2, 0) is 22.4 Å². The molecule has 0 aliphatic heterocycles. The minimum atomic E-state index is -0.0899. The van der Waals surface area contributed by atoms with Gasteiger partial charge in [0.05, 0.1) is 16.5 Å². The Bertz CT molecular complexity index is 1100. The van der Waals surface area contributed by atoms with Crippen molar-refractivity contribution in [1.29, 1.82) is 0 Å². The van der Waals surface area contributed by atoms with Gasteiger partial charge in [-0.3, -0.25) is 19.7 Å². The molecule has 3 aromatic rings. The highest BCUT2D eigenvalue weighted by Gasteiger charge is 2.32. The van der Waals surface area contributed by atoms with E-state index in [1.807, 2.05) is 18.2 Å². The van der Waals surface area contributed by atoms with Gasteiger partial charge in [-0.15, -0.1) is 0 Å². The van der Waals surface area contributed by atoms with Crippen LogP contribution in [0.1, 0.15) is 42.0 Å². The number of nitrogens with one attached hydrogen (secondary N) is 3. The molecule has 0 saturated heterocycles. The summed E-state index contributed by atoms with van der Waals surface area (Å²) in [6, 6.07) is 11.0. The van der Waals surface area contributed by atoms with Crippen molar-refractivity contribution in [3.05, 3.63) is 75.7 Å². The zero-order valence-corrected chi connectivity index (χ0v) is 18.8. The second kappa shape index (κ2) is 10.1. The molecular weight excluding hydrogens is 449 g/mol. The minimum absolute atomic E-state index is 0.0435. The molecule has 7 nitrogen and oxygen atoms in total. The normalized spacial score (nSPS) is 17.4. The molecule has 3 N–H and O–H groups in total. The van der Waals surface area contributed by atoms with E-state index >= 15 is 0 Å².